The summed E-state index contributed by atoms with van der Waals surface area (Å²) in [5.41, 5.74) is 0.350. The zero-order chi connectivity index (χ0) is 14.7. The molecule has 0 aliphatic rings. The Morgan fingerprint density at radius 2 is 2.20 bits per heavy atom. The SMILES string of the molecule is CC(C)n1ccc(COc2ccc(C(=O)O)c(F)c2)n1. The van der Waals surface area contributed by atoms with Crippen LogP contribution in [0.2, 0.25) is 0 Å². The quantitative estimate of drug-likeness (QED) is 0.913. The molecule has 1 aromatic heterocycles. The molecule has 2 aromatic rings. The molecule has 0 amide bonds. The number of carbonyl (C=O) groups is 1. The van der Waals surface area contributed by atoms with Crippen LogP contribution in [-0.4, -0.2) is 20.9 Å². The Hall–Kier alpha value is -2.37. The van der Waals surface area contributed by atoms with Crippen molar-refractivity contribution in [1.82, 2.24) is 9.78 Å². The van der Waals surface area contributed by atoms with E-state index in [0.29, 0.717) is 0 Å². The summed E-state index contributed by atoms with van der Waals surface area (Å²) in [7, 11) is 0. The smallest absolute Gasteiger partial charge is 0.338 e. The molecule has 2 rings (SSSR count). The Balaban J connectivity index is 2.03. The molecule has 0 bridgehead atoms. The summed E-state index contributed by atoms with van der Waals surface area (Å²) >= 11 is 0. The minimum absolute atomic E-state index is 0.200. The standard InChI is InChI=1S/C14H15FN2O3/c1-9(2)17-6-5-10(16-17)8-20-11-3-4-12(14(18)19)13(15)7-11/h3-7,9H,8H2,1-2H3,(H,18,19). The molecule has 1 N–H and O–H groups in total. The van der Waals surface area contributed by atoms with E-state index in [1.54, 1.807) is 4.68 Å². The van der Waals surface area contributed by atoms with Crippen molar-refractivity contribution in [2.24, 2.45) is 0 Å². The minimum Gasteiger partial charge on any atom is -0.487 e. The fourth-order valence-corrected chi connectivity index (χ4v) is 1.66. The summed E-state index contributed by atoms with van der Waals surface area (Å²) in [6.07, 6.45) is 1.84. The third-order valence-corrected chi connectivity index (χ3v) is 2.75. The van der Waals surface area contributed by atoms with Crippen molar-refractivity contribution in [2.75, 3.05) is 0 Å². The van der Waals surface area contributed by atoms with Crippen LogP contribution in [0.5, 0.6) is 5.75 Å². The van der Waals surface area contributed by atoms with Crippen molar-refractivity contribution in [3.8, 4) is 5.75 Å². The predicted octanol–water partition coefficient (Wildman–Crippen LogP) is 2.88. The van der Waals surface area contributed by atoms with Crippen LogP contribution in [0.3, 0.4) is 0 Å². The number of nitrogens with zero attached hydrogens (tertiary/aromatic N) is 2. The lowest BCUT2D eigenvalue weighted by molar-refractivity contribution is 0.0692. The average Bonchev–Trinajstić information content (AvgIpc) is 2.85. The van der Waals surface area contributed by atoms with Gasteiger partial charge in [0.2, 0.25) is 0 Å². The maximum Gasteiger partial charge on any atom is 0.338 e. The molecular weight excluding hydrogens is 263 g/mol. The van der Waals surface area contributed by atoms with E-state index in [0.717, 1.165) is 11.8 Å². The van der Waals surface area contributed by atoms with Gasteiger partial charge in [0.15, 0.2) is 0 Å². The molecule has 0 saturated carbocycles. The predicted molar refractivity (Wildman–Crippen MR) is 70.3 cm³/mol. The van der Waals surface area contributed by atoms with Crippen molar-refractivity contribution in [3.63, 3.8) is 0 Å². The number of carboxylic acid groups (broad SMARTS) is 1. The van der Waals surface area contributed by atoms with Gasteiger partial charge >= 0.3 is 5.97 Å². The number of hydrogen-bond acceptors (Lipinski definition) is 3. The van der Waals surface area contributed by atoms with E-state index in [9.17, 15) is 9.18 Å². The number of rotatable bonds is 5. The van der Waals surface area contributed by atoms with Crippen molar-refractivity contribution in [1.29, 1.82) is 0 Å². The van der Waals surface area contributed by atoms with Crippen molar-refractivity contribution >= 4 is 5.97 Å². The van der Waals surface area contributed by atoms with E-state index in [2.05, 4.69) is 5.10 Å². The van der Waals surface area contributed by atoms with Gasteiger partial charge in [-0.05, 0) is 32.0 Å². The van der Waals surface area contributed by atoms with Gasteiger partial charge in [0, 0.05) is 18.3 Å². The van der Waals surface area contributed by atoms with Gasteiger partial charge in [-0.25, -0.2) is 9.18 Å². The summed E-state index contributed by atoms with van der Waals surface area (Å²) in [6.45, 7) is 4.22. The second-order valence-corrected chi connectivity index (χ2v) is 4.62. The second kappa shape index (κ2) is 5.73. The highest BCUT2D eigenvalue weighted by Crippen LogP contribution is 2.18. The largest absolute Gasteiger partial charge is 0.487 e. The van der Waals surface area contributed by atoms with Crippen molar-refractivity contribution in [2.45, 2.75) is 26.5 Å². The number of benzene rings is 1. The third kappa shape index (κ3) is 3.14. The zero-order valence-corrected chi connectivity index (χ0v) is 11.2. The Morgan fingerprint density at radius 1 is 1.45 bits per heavy atom. The molecule has 0 radical (unpaired) electrons. The minimum atomic E-state index is -1.30. The van der Waals surface area contributed by atoms with Crippen LogP contribution >= 0.6 is 0 Å². The molecule has 1 aromatic carbocycles. The molecule has 0 atom stereocenters. The molecule has 0 aliphatic heterocycles. The molecule has 0 saturated heterocycles. The van der Waals surface area contributed by atoms with Crippen LogP contribution < -0.4 is 4.74 Å². The highest BCUT2D eigenvalue weighted by Gasteiger charge is 2.11. The van der Waals surface area contributed by atoms with Crippen LogP contribution in [0, 0.1) is 5.82 Å². The van der Waals surface area contributed by atoms with Gasteiger partial charge in [-0.15, -0.1) is 0 Å². The third-order valence-electron chi connectivity index (χ3n) is 2.75. The molecular formula is C14H15FN2O3. The summed E-state index contributed by atoms with van der Waals surface area (Å²) in [5.74, 6) is -1.85. The zero-order valence-electron chi connectivity index (χ0n) is 11.2. The maximum atomic E-state index is 13.5. The number of hydrogen-bond donors (Lipinski definition) is 1. The first kappa shape index (κ1) is 14.0. The molecule has 0 fully saturated rings. The maximum absolute atomic E-state index is 13.5. The number of aromatic carboxylic acids is 1. The first-order valence-corrected chi connectivity index (χ1v) is 6.17. The molecule has 20 heavy (non-hydrogen) atoms. The van der Waals surface area contributed by atoms with Gasteiger partial charge in [0.05, 0.1) is 11.3 Å². The first-order chi connectivity index (χ1) is 9.47. The van der Waals surface area contributed by atoms with Gasteiger partial charge in [0.1, 0.15) is 18.2 Å². The number of aromatic nitrogens is 2. The van der Waals surface area contributed by atoms with E-state index < -0.39 is 11.8 Å². The van der Waals surface area contributed by atoms with E-state index >= 15 is 0 Å². The molecule has 0 unspecified atom stereocenters. The van der Waals surface area contributed by atoms with Gasteiger partial charge in [-0.1, -0.05) is 0 Å². The van der Waals surface area contributed by atoms with Gasteiger partial charge < -0.3 is 9.84 Å². The summed E-state index contributed by atoms with van der Waals surface area (Å²) in [4.78, 5) is 10.7. The van der Waals surface area contributed by atoms with E-state index in [1.807, 2.05) is 26.1 Å². The highest BCUT2D eigenvalue weighted by atomic mass is 19.1. The summed E-state index contributed by atoms with van der Waals surface area (Å²) < 4.78 is 20.6. The Bertz CT molecular complexity index is 623. The Morgan fingerprint density at radius 3 is 2.75 bits per heavy atom. The fourth-order valence-electron chi connectivity index (χ4n) is 1.66. The van der Waals surface area contributed by atoms with E-state index in [1.165, 1.54) is 12.1 Å². The summed E-state index contributed by atoms with van der Waals surface area (Å²) in [5, 5.41) is 13.0. The topological polar surface area (TPSA) is 64.3 Å². The molecule has 106 valence electrons. The van der Waals surface area contributed by atoms with E-state index in [4.69, 9.17) is 9.84 Å². The van der Waals surface area contributed by atoms with Gasteiger partial charge in [-0.2, -0.15) is 5.10 Å². The lowest BCUT2D eigenvalue weighted by Gasteiger charge is -2.06. The van der Waals surface area contributed by atoms with Crippen molar-refractivity contribution in [3.05, 3.63) is 47.5 Å². The van der Waals surface area contributed by atoms with Crippen LogP contribution in [0.25, 0.3) is 0 Å². The average molecular weight is 278 g/mol. The second-order valence-electron chi connectivity index (χ2n) is 4.62. The fraction of sp³-hybridized carbons (Fsp3) is 0.286. The lowest BCUT2D eigenvalue weighted by atomic mass is 10.2. The Labute approximate surface area is 115 Å². The van der Waals surface area contributed by atoms with Crippen LogP contribution in [-0.2, 0) is 6.61 Å². The molecule has 0 spiro atoms. The summed E-state index contributed by atoms with van der Waals surface area (Å²) in [6, 6.07) is 5.74. The van der Waals surface area contributed by atoms with Crippen LogP contribution in [0.1, 0.15) is 35.9 Å². The highest BCUT2D eigenvalue weighted by molar-refractivity contribution is 5.88. The van der Waals surface area contributed by atoms with Gasteiger partial charge in [0.25, 0.3) is 0 Å². The number of ether oxygens (including phenoxy) is 1. The normalized spacial score (nSPS) is 10.8. The monoisotopic (exact) mass is 278 g/mol. The van der Waals surface area contributed by atoms with Crippen LogP contribution in [0.4, 0.5) is 4.39 Å². The molecule has 1 heterocycles. The molecule has 5 nitrogen and oxygen atoms in total. The first-order valence-electron chi connectivity index (χ1n) is 6.17. The molecule has 6 heteroatoms. The number of halogens is 1. The van der Waals surface area contributed by atoms with E-state index in [-0.39, 0.29) is 24.0 Å². The van der Waals surface area contributed by atoms with Gasteiger partial charge in [-0.3, -0.25) is 4.68 Å². The lowest BCUT2D eigenvalue weighted by Crippen LogP contribution is -2.04. The Kier molecular flexibility index (Phi) is 4.02. The van der Waals surface area contributed by atoms with Crippen LogP contribution in [0.15, 0.2) is 30.5 Å². The van der Waals surface area contributed by atoms with Crippen molar-refractivity contribution < 1.29 is 19.0 Å². The molecule has 0 aliphatic carbocycles. The number of carboxylic acids is 1.